The Morgan fingerprint density at radius 1 is 0.944 bits per heavy atom. The molecule has 0 spiro atoms. The van der Waals surface area contributed by atoms with Crippen molar-refractivity contribution in [2.45, 2.75) is 96.0 Å². The summed E-state index contributed by atoms with van der Waals surface area (Å²) in [6.07, 6.45) is 13.8. The van der Waals surface area contributed by atoms with Crippen LogP contribution in [-0.2, 0) is 4.79 Å². The predicted octanol–water partition coefficient (Wildman–Crippen LogP) is 4.39. The topological polar surface area (TPSA) is 37.3 Å². The maximum atomic E-state index is 12.0. The quantitative estimate of drug-likeness (QED) is 0.619. The van der Waals surface area contributed by atoms with E-state index in [-0.39, 0.29) is 5.78 Å². The van der Waals surface area contributed by atoms with Crippen molar-refractivity contribution in [3.05, 3.63) is 0 Å². The Labute approximate surface area is 112 Å². The normalized spacial score (nSPS) is 18.8. The SMILES string of the molecule is CCCCCCCCCC(=O)C1(O)CCCCC1. The highest BCUT2D eigenvalue weighted by molar-refractivity contribution is 5.87. The lowest BCUT2D eigenvalue weighted by Gasteiger charge is -2.30. The third-order valence-corrected chi connectivity index (χ3v) is 4.21. The van der Waals surface area contributed by atoms with Gasteiger partial charge in [-0.15, -0.1) is 0 Å². The zero-order valence-electron chi connectivity index (χ0n) is 12.0. The molecule has 0 aromatic heterocycles. The van der Waals surface area contributed by atoms with E-state index in [4.69, 9.17) is 0 Å². The van der Waals surface area contributed by atoms with Gasteiger partial charge in [0.25, 0.3) is 0 Å². The number of rotatable bonds is 9. The monoisotopic (exact) mass is 254 g/mol. The third-order valence-electron chi connectivity index (χ3n) is 4.21. The van der Waals surface area contributed by atoms with Crippen LogP contribution in [0.3, 0.4) is 0 Å². The molecule has 2 nitrogen and oxygen atoms in total. The molecule has 1 N–H and O–H groups in total. The number of hydrogen-bond acceptors (Lipinski definition) is 2. The second-order valence-electron chi connectivity index (χ2n) is 5.89. The second kappa shape index (κ2) is 8.68. The first-order valence-electron chi connectivity index (χ1n) is 7.95. The highest BCUT2D eigenvalue weighted by Crippen LogP contribution is 2.30. The van der Waals surface area contributed by atoms with Gasteiger partial charge in [0.1, 0.15) is 5.60 Å². The van der Waals surface area contributed by atoms with Gasteiger partial charge < -0.3 is 5.11 Å². The van der Waals surface area contributed by atoms with Crippen molar-refractivity contribution < 1.29 is 9.90 Å². The van der Waals surface area contributed by atoms with Crippen LogP contribution < -0.4 is 0 Å². The van der Waals surface area contributed by atoms with Gasteiger partial charge in [-0.05, 0) is 19.3 Å². The molecular weight excluding hydrogens is 224 g/mol. The number of Topliss-reactive ketones (excluding diaryl/α,β-unsaturated/α-hetero) is 1. The second-order valence-corrected chi connectivity index (χ2v) is 5.89. The lowest BCUT2D eigenvalue weighted by molar-refractivity contribution is -0.140. The lowest BCUT2D eigenvalue weighted by atomic mass is 9.80. The summed E-state index contributed by atoms with van der Waals surface area (Å²) >= 11 is 0. The Kier molecular flexibility index (Phi) is 7.57. The van der Waals surface area contributed by atoms with Crippen LogP contribution in [-0.4, -0.2) is 16.5 Å². The van der Waals surface area contributed by atoms with Crippen LogP contribution >= 0.6 is 0 Å². The summed E-state index contributed by atoms with van der Waals surface area (Å²) in [6, 6.07) is 0. The number of carbonyl (C=O) groups excluding carboxylic acids is 1. The lowest BCUT2D eigenvalue weighted by Crippen LogP contribution is -2.40. The van der Waals surface area contributed by atoms with Gasteiger partial charge >= 0.3 is 0 Å². The molecule has 1 aliphatic rings. The third kappa shape index (κ3) is 5.51. The minimum atomic E-state index is -0.958. The van der Waals surface area contributed by atoms with Crippen LogP contribution in [0.5, 0.6) is 0 Å². The Hall–Kier alpha value is -0.370. The molecule has 0 unspecified atom stereocenters. The number of ketones is 1. The number of unbranched alkanes of at least 4 members (excludes halogenated alkanes) is 6. The molecule has 0 aliphatic heterocycles. The van der Waals surface area contributed by atoms with Gasteiger partial charge in [0.2, 0.25) is 0 Å². The highest BCUT2D eigenvalue weighted by atomic mass is 16.3. The van der Waals surface area contributed by atoms with Crippen molar-refractivity contribution in [2.24, 2.45) is 0 Å². The van der Waals surface area contributed by atoms with Gasteiger partial charge in [-0.1, -0.05) is 64.7 Å². The summed E-state index contributed by atoms with van der Waals surface area (Å²) in [5, 5.41) is 10.3. The van der Waals surface area contributed by atoms with E-state index in [2.05, 4.69) is 6.92 Å². The van der Waals surface area contributed by atoms with E-state index in [9.17, 15) is 9.90 Å². The van der Waals surface area contributed by atoms with Crippen LogP contribution in [0.2, 0.25) is 0 Å². The van der Waals surface area contributed by atoms with E-state index in [1.807, 2.05) is 0 Å². The zero-order valence-corrected chi connectivity index (χ0v) is 12.0. The standard InChI is InChI=1S/C16H30O2/c1-2-3-4-5-6-7-9-12-15(17)16(18)13-10-8-11-14-16/h18H,2-14H2,1H3. The molecule has 0 amide bonds. The smallest absolute Gasteiger partial charge is 0.164 e. The molecule has 1 fully saturated rings. The molecule has 0 bridgehead atoms. The van der Waals surface area contributed by atoms with Gasteiger partial charge in [0.05, 0.1) is 0 Å². The van der Waals surface area contributed by atoms with Gasteiger partial charge in [0, 0.05) is 6.42 Å². The Balaban J connectivity index is 2.05. The first-order valence-corrected chi connectivity index (χ1v) is 7.95. The molecule has 0 atom stereocenters. The molecule has 1 saturated carbocycles. The molecule has 106 valence electrons. The summed E-state index contributed by atoms with van der Waals surface area (Å²) < 4.78 is 0. The molecule has 0 saturated heterocycles. The summed E-state index contributed by atoms with van der Waals surface area (Å²) in [4.78, 5) is 12.0. The van der Waals surface area contributed by atoms with E-state index in [0.717, 1.165) is 25.7 Å². The van der Waals surface area contributed by atoms with Crippen molar-refractivity contribution in [2.75, 3.05) is 0 Å². The molecule has 1 rings (SSSR count). The summed E-state index contributed by atoms with van der Waals surface area (Å²) in [5.41, 5.74) is -0.958. The Morgan fingerprint density at radius 2 is 1.50 bits per heavy atom. The fraction of sp³-hybridized carbons (Fsp3) is 0.938. The number of aliphatic hydroxyl groups is 1. The maximum Gasteiger partial charge on any atom is 0.164 e. The van der Waals surface area contributed by atoms with Gasteiger partial charge in [-0.2, -0.15) is 0 Å². The molecule has 0 radical (unpaired) electrons. The predicted molar refractivity (Wildman–Crippen MR) is 75.7 cm³/mol. The molecule has 0 heterocycles. The van der Waals surface area contributed by atoms with Crippen LogP contribution in [0.4, 0.5) is 0 Å². The fourth-order valence-corrected chi connectivity index (χ4v) is 2.89. The molecule has 2 heteroatoms. The van der Waals surface area contributed by atoms with Crippen LogP contribution in [0.15, 0.2) is 0 Å². The maximum absolute atomic E-state index is 12.0. The van der Waals surface area contributed by atoms with Crippen LogP contribution in [0.25, 0.3) is 0 Å². The summed E-state index contributed by atoms with van der Waals surface area (Å²) in [7, 11) is 0. The molecule has 0 aromatic carbocycles. The van der Waals surface area contributed by atoms with E-state index >= 15 is 0 Å². The minimum absolute atomic E-state index is 0.107. The van der Waals surface area contributed by atoms with Crippen molar-refractivity contribution in [1.29, 1.82) is 0 Å². The fourth-order valence-electron chi connectivity index (χ4n) is 2.89. The van der Waals surface area contributed by atoms with Gasteiger partial charge in [-0.3, -0.25) is 4.79 Å². The van der Waals surface area contributed by atoms with Crippen molar-refractivity contribution in [3.8, 4) is 0 Å². The Morgan fingerprint density at radius 3 is 2.11 bits per heavy atom. The summed E-state index contributed by atoms with van der Waals surface area (Å²) in [6.45, 7) is 2.23. The Bertz CT molecular complexity index is 229. The van der Waals surface area contributed by atoms with E-state index in [1.165, 1.54) is 38.5 Å². The van der Waals surface area contributed by atoms with Crippen LogP contribution in [0, 0.1) is 0 Å². The first-order chi connectivity index (χ1) is 8.69. The largest absolute Gasteiger partial charge is 0.382 e. The molecule has 18 heavy (non-hydrogen) atoms. The average Bonchev–Trinajstić information content (AvgIpc) is 2.38. The summed E-state index contributed by atoms with van der Waals surface area (Å²) in [5.74, 6) is 0.107. The number of carbonyl (C=O) groups is 1. The van der Waals surface area contributed by atoms with Crippen LogP contribution in [0.1, 0.15) is 90.4 Å². The highest BCUT2D eigenvalue weighted by Gasteiger charge is 2.35. The molecular formula is C16H30O2. The average molecular weight is 254 g/mol. The number of hydrogen-bond donors (Lipinski definition) is 1. The van der Waals surface area contributed by atoms with Gasteiger partial charge in [0.15, 0.2) is 5.78 Å². The minimum Gasteiger partial charge on any atom is -0.382 e. The first kappa shape index (κ1) is 15.7. The van der Waals surface area contributed by atoms with Crippen molar-refractivity contribution >= 4 is 5.78 Å². The van der Waals surface area contributed by atoms with Crippen molar-refractivity contribution in [3.63, 3.8) is 0 Å². The molecule has 0 aromatic rings. The van der Waals surface area contributed by atoms with E-state index in [0.29, 0.717) is 19.3 Å². The van der Waals surface area contributed by atoms with Gasteiger partial charge in [-0.25, -0.2) is 0 Å². The van der Waals surface area contributed by atoms with E-state index in [1.54, 1.807) is 0 Å². The van der Waals surface area contributed by atoms with Crippen molar-refractivity contribution in [1.82, 2.24) is 0 Å². The molecule has 1 aliphatic carbocycles. The van der Waals surface area contributed by atoms with E-state index < -0.39 is 5.60 Å². The zero-order chi connectivity index (χ0) is 13.3.